The molecule has 0 unspecified atom stereocenters. The van der Waals surface area contributed by atoms with Crippen molar-refractivity contribution >= 4 is 28.0 Å². The van der Waals surface area contributed by atoms with Crippen molar-refractivity contribution in [3.8, 4) is 11.4 Å². The Morgan fingerprint density at radius 1 is 0.686 bits per heavy atom. The average molecular weight is 456 g/mol. The van der Waals surface area contributed by atoms with E-state index >= 15 is 0 Å². The molecule has 0 bridgehead atoms. The number of aliphatic imine (C=N–C) groups is 1. The Balaban J connectivity index is 0.000000271. The molecule has 172 valence electrons. The van der Waals surface area contributed by atoms with E-state index in [4.69, 9.17) is 0 Å². The van der Waals surface area contributed by atoms with Gasteiger partial charge in [-0.2, -0.15) is 0 Å². The van der Waals surface area contributed by atoms with Crippen molar-refractivity contribution in [2.24, 2.45) is 4.99 Å². The van der Waals surface area contributed by atoms with E-state index < -0.39 is 0 Å². The van der Waals surface area contributed by atoms with Gasteiger partial charge in [-0.15, -0.1) is 0 Å². The van der Waals surface area contributed by atoms with Crippen LogP contribution >= 0.6 is 0 Å². The molecular formula is C32H29N3. The van der Waals surface area contributed by atoms with Gasteiger partial charge in [-0.25, -0.2) is 4.98 Å². The molecule has 0 aliphatic carbocycles. The van der Waals surface area contributed by atoms with Crippen molar-refractivity contribution in [1.29, 1.82) is 0 Å². The van der Waals surface area contributed by atoms with Crippen LogP contribution in [0.2, 0.25) is 0 Å². The van der Waals surface area contributed by atoms with Crippen molar-refractivity contribution in [2.75, 3.05) is 0 Å². The SMILES string of the molecule is C=C(C)c1ccccc1.C=C(N=C(C)c1ccccc1)c1ccc2nc(-c3ccccc3)[nH]c2c1. The maximum atomic E-state index is 4.68. The van der Waals surface area contributed by atoms with E-state index in [1.807, 2.05) is 92.7 Å². The van der Waals surface area contributed by atoms with Crippen LogP contribution in [0.25, 0.3) is 33.7 Å². The number of nitrogens with one attached hydrogen (secondary N) is 1. The molecule has 4 aromatic carbocycles. The molecule has 1 aromatic heterocycles. The van der Waals surface area contributed by atoms with Gasteiger partial charge in [-0.1, -0.05) is 116 Å². The summed E-state index contributed by atoms with van der Waals surface area (Å²) < 4.78 is 0. The minimum atomic E-state index is 0.740. The van der Waals surface area contributed by atoms with E-state index in [0.29, 0.717) is 0 Å². The van der Waals surface area contributed by atoms with E-state index in [-0.39, 0.29) is 0 Å². The Hall–Kier alpha value is -4.50. The van der Waals surface area contributed by atoms with Gasteiger partial charge in [0.25, 0.3) is 0 Å². The summed E-state index contributed by atoms with van der Waals surface area (Å²) >= 11 is 0. The lowest BCUT2D eigenvalue weighted by Gasteiger charge is -2.04. The lowest BCUT2D eigenvalue weighted by Crippen LogP contribution is -1.94. The maximum absolute atomic E-state index is 4.68. The van der Waals surface area contributed by atoms with Crippen LogP contribution in [0.5, 0.6) is 0 Å². The number of hydrogen-bond acceptors (Lipinski definition) is 2. The normalized spacial score (nSPS) is 11.0. The highest BCUT2D eigenvalue weighted by molar-refractivity contribution is 6.01. The Morgan fingerprint density at radius 2 is 1.26 bits per heavy atom. The second-order valence-electron chi connectivity index (χ2n) is 8.34. The Bertz CT molecular complexity index is 1460. The van der Waals surface area contributed by atoms with Gasteiger partial charge in [0.15, 0.2) is 0 Å². The highest BCUT2D eigenvalue weighted by atomic mass is 14.9. The number of fused-ring (bicyclic) bond motifs is 1. The third-order valence-electron chi connectivity index (χ3n) is 5.62. The highest BCUT2D eigenvalue weighted by Gasteiger charge is 2.07. The lowest BCUT2D eigenvalue weighted by atomic mass is 10.1. The molecule has 0 spiro atoms. The van der Waals surface area contributed by atoms with Gasteiger partial charge in [-0.3, -0.25) is 4.99 Å². The quantitative estimate of drug-likeness (QED) is 0.265. The molecule has 35 heavy (non-hydrogen) atoms. The van der Waals surface area contributed by atoms with Crippen LogP contribution in [0.1, 0.15) is 30.5 Å². The van der Waals surface area contributed by atoms with E-state index in [9.17, 15) is 0 Å². The van der Waals surface area contributed by atoms with Crippen LogP contribution in [0.3, 0.4) is 0 Å². The smallest absolute Gasteiger partial charge is 0.138 e. The number of nitrogens with zero attached hydrogens (tertiary/aromatic N) is 2. The van der Waals surface area contributed by atoms with Gasteiger partial charge in [0.05, 0.1) is 16.7 Å². The summed E-state index contributed by atoms with van der Waals surface area (Å²) in [5.74, 6) is 0.868. The molecule has 3 nitrogen and oxygen atoms in total. The third kappa shape index (κ3) is 6.10. The molecule has 0 saturated heterocycles. The fourth-order valence-corrected chi connectivity index (χ4v) is 3.66. The van der Waals surface area contributed by atoms with E-state index in [2.05, 4.69) is 58.5 Å². The van der Waals surface area contributed by atoms with Crippen LogP contribution < -0.4 is 0 Å². The molecular weight excluding hydrogens is 426 g/mol. The molecule has 0 aliphatic heterocycles. The van der Waals surface area contributed by atoms with Gasteiger partial charge in [-0.05, 0) is 37.1 Å². The highest BCUT2D eigenvalue weighted by Crippen LogP contribution is 2.24. The number of H-pyrrole nitrogens is 1. The van der Waals surface area contributed by atoms with Crippen molar-refractivity contribution < 1.29 is 0 Å². The number of rotatable bonds is 5. The summed E-state index contributed by atoms with van der Waals surface area (Å²) in [5.41, 5.74) is 9.10. The first-order valence-corrected chi connectivity index (χ1v) is 11.6. The summed E-state index contributed by atoms with van der Waals surface area (Å²) in [6.45, 7) is 12.0. The molecule has 0 amide bonds. The Morgan fingerprint density at radius 3 is 1.83 bits per heavy atom. The van der Waals surface area contributed by atoms with E-state index in [1.54, 1.807) is 0 Å². The Kier molecular flexibility index (Phi) is 7.49. The van der Waals surface area contributed by atoms with E-state index in [1.165, 1.54) is 5.56 Å². The van der Waals surface area contributed by atoms with E-state index in [0.717, 1.165) is 50.5 Å². The number of imidazole rings is 1. The van der Waals surface area contributed by atoms with Crippen LogP contribution in [-0.4, -0.2) is 15.7 Å². The summed E-state index contributed by atoms with van der Waals surface area (Å²) in [6, 6.07) is 36.5. The minimum Gasteiger partial charge on any atom is -0.338 e. The molecule has 0 aliphatic rings. The average Bonchev–Trinajstić information content (AvgIpc) is 3.34. The van der Waals surface area contributed by atoms with Crippen molar-refractivity contribution in [1.82, 2.24) is 9.97 Å². The summed E-state index contributed by atoms with van der Waals surface area (Å²) in [4.78, 5) is 12.7. The zero-order chi connectivity index (χ0) is 24.6. The Labute approximate surface area is 207 Å². The van der Waals surface area contributed by atoms with Gasteiger partial charge >= 0.3 is 0 Å². The molecule has 5 aromatic rings. The number of benzene rings is 4. The first-order chi connectivity index (χ1) is 17.0. The van der Waals surface area contributed by atoms with Crippen LogP contribution in [0.4, 0.5) is 0 Å². The van der Waals surface area contributed by atoms with Gasteiger partial charge in [0.1, 0.15) is 5.82 Å². The number of aromatic amines is 1. The fourth-order valence-electron chi connectivity index (χ4n) is 3.66. The summed E-state index contributed by atoms with van der Waals surface area (Å²) in [7, 11) is 0. The molecule has 0 radical (unpaired) electrons. The van der Waals surface area contributed by atoms with Crippen LogP contribution in [-0.2, 0) is 0 Å². The molecule has 3 heteroatoms. The third-order valence-corrected chi connectivity index (χ3v) is 5.62. The largest absolute Gasteiger partial charge is 0.338 e. The number of aromatic nitrogens is 2. The van der Waals surface area contributed by atoms with Crippen LogP contribution in [0.15, 0.2) is 127 Å². The van der Waals surface area contributed by atoms with Crippen LogP contribution in [0, 0.1) is 0 Å². The van der Waals surface area contributed by atoms with Crippen molar-refractivity contribution in [3.05, 3.63) is 139 Å². The molecule has 0 saturated carbocycles. The van der Waals surface area contributed by atoms with Gasteiger partial charge in [0, 0.05) is 16.8 Å². The fraction of sp³-hybridized carbons (Fsp3) is 0.0625. The predicted octanol–water partition coefficient (Wildman–Crippen LogP) is 8.43. The first-order valence-electron chi connectivity index (χ1n) is 11.6. The number of allylic oxidation sites excluding steroid dienone is 1. The number of hydrogen-bond donors (Lipinski definition) is 1. The minimum absolute atomic E-state index is 0.740. The van der Waals surface area contributed by atoms with Crippen molar-refractivity contribution in [2.45, 2.75) is 13.8 Å². The monoisotopic (exact) mass is 455 g/mol. The van der Waals surface area contributed by atoms with Crippen molar-refractivity contribution in [3.63, 3.8) is 0 Å². The standard InChI is InChI=1S/C23H19N3.C9H10/c1-16(18-9-5-3-6-10-18)24-17(2)20-13-14-21-22(15-20)26-23(25-21)19-11-7-4-8-12-19;1-8(2)9-6-4-3-5-7-9/h3-15H,2H2,1H3,(H,25,26);3-7H,1H2,2H3. The van der Waals surface area contributed by atoms with Gasteiger partial charge < -0.3 is 4.98 Å². The molecule has 1 heterocycles. The summed E-state index contributed by atoms with van der Waals surface area (Å²) in [6.07, 6.45) is 0. The second-order valence-corrected chi connectivity index (χ2v) is 8.34. The maximum Gasteiger partial charge on any atom is 0.138 e. The van der Waals surface area contributed by atoms with Gasteiger partial charge in [0.2, 0.25) is 0 Å². The zero-order valence-corrected chi connectivity index (χ0v) is 20.2. The first kappa shape index (κ1) is 23.7. The lowest BCUT2D eigenvalue weighted by molar-refractivity contribution is 1.34. The molecule has 0 fully saturated rings. The molecule has 0 atom stereocenters. The topological polar surface area (TPSA) is 41.0 Å². The zero-order valence-electron chi connectivity index (χ0n) is 20.2. The second kappa shape index (κ2) is 11.1. The predicted molar refractivity (Wildman–Crippen MR) is 150 cm³/mol. The summed E-state index contributed by atoms with van der Waals surface area (Å²) in [5, 5.41) is 0. The molecule has 5 rings (SSSR count). The molecule has 1 N–H and O–H groups in total.